The predicted octanol–water partition coefficient (Wildman–Crippen LogP) is 2.70. The van der Waals surface area contributed by atoms with E-state index in [0.717, 1.165) is 10.9 Å². The summed E-state index contributed by atoms with van der Waals surface area (Å²) in [6, 6.07) is 15.7. The number of aromatic nitrogens is 4. The highest BCUT2D eigenvalue weighted by Gasteiger charge is 2.16. The second kappa shape index (κ2) is 6.17. The summed E-state index contributed by atoms with van der Waals surface area (Å²) in [4.78, 5) is 23.7. The molecule has 0 aliphatic rings. The highest BCUT2D eigenvalue weighted by molar-refractivity contribution is 6.11. The fourth-order valence-electron chi connectivity index (χ4n) is 2.67. The normalized spacial score (nSPS) is 10.8. The fraction of sp³-hybridized carbons (Fsp3) is 0. The molecule has 0 atom stereocenters. The molecule has 8 nitrogen and oxygen atoms in total. The van der Waals surface area contributed by atoms with E-state index in [1.54, 1.807) is 24.3 Å². The van der Waals surface area contributed by atoms with E-state index in [9.17, 15) is 9.59 Å². The molecule has 4 rings (SSSR count). The van der Waals surface area contributed by atoms with Crippen molar-refractivity contribution in [2.45, 2.75) is 0 Å². The Hall–Kier alpha value is -3.94. The van der Waals surface area contributed by atoms with E-state index in [2.05, 4.69) is 20.6 Å². The monoisotopic (exact) mass is 347 g/mol. The molecule has 0 radical (unpaired) electrons. The summed E-state index contributed by atoms with van der Waals surface area (Å²) in [5.41, 5.74) is 2.01. The molecule has 2 aromatic carbocycles. The van der Waals surface area contributed by atoms with E-state index < -0.39 is 5.97 Å². The molecule has 0 aliphatic carbocycles. The van der Waals surface area contributed by atoms with Crippen LogP contribution in [0.1, 0.15) is 21.0 Å². The van der Waals surface area contributed by atoms with Crippen LogP contribution in [0.25, 0.3) is 16.6 Å². The van der Waals surface area contributed by atoms with Crippen molar-refractivity contribution < 1.29 is 14.7 Å². The summed E-state index contributed by atoms with van der Waals surface area (Å²) < 4.78 is 1.40. The number of amides is 1. The molecule has 1 amide bonds. The Kier molecular flexibility index (Phi) is 3.70. The Balaban J connectivity index is 1.68. The number of carboxylic acids is 1. The fourth-order valence-corrected chi connectivity index (χ4v) is 2.67. The molecule has 128 valence electrons. The molecule has 26 heavy (non-hydrogen) atoms. The van der Waals surface area contributed by atoms with Crippen molar-refractivity contribution in [1.29, 1.82) is 0 Å². The predicted molar refractivity (Wildman–Crippen MR) is 94.6 cm³/mol. The zero-order chi connectivity index (χ0) is 18.1. The molecule has 0 aliphatic heterocycles. The van der Waals surface area contributed by atoms with Crippen LogP contribution in [0, 0.1) is 0 Å². The minimum atomic E-state index is -1.12. The maximum atomic E-state index is 12.7. The number of hydrogen-bond donors (Lipinski definition) is 3. The van der Waals surface area contributed by atoms with E-state index >= 15 is 0 Å². The van der Waals surface area contributed by atoms with Gasteiger partial charge in [0.2, 0.25) is 0 Å². The number of aromatic amines is 1. The molecule has 2 aromatic heterocycles. The summed E-state index contributed by atoms with van der Waals surface area (Å²) >= 11 is 0. The first-order valence-corrected chi connectivity index (χ1v) is 7.76. The van der Waals surface area contributed by atoms with E-state index in [4.69, 9.17) is 5.11 Å². The van der Waals surface area contributed by atoms with Crippen molar-refractivity contribution >= 4 is 28.5 Å². The average molecular weight is 347 g/mol. The molecule has 0 saturated carbocycles. The molecule has 3 N–H and O–H groups in total. The topological polar surface area (TPSA) is 113 Å². The molecule has 0 bridgehead atoms. The van der Waals surface area contributed by atoms with Gasteiger partial charge in [0.25, 0.3) is 5.91 Å². The highest BCUT2D eigenvalue weighted by atomic mass is 16.4. The number of hydrogen-bond acceptors (Lipinski definition) is 4. The van der Waals surface area contributed by atoms with Gasteiger partial charge in [0, 0.05) is 11.6 Å². The minimum Gasteiger partial charge on any atom is -0.476 e. The van der Waals surface area contributed by atoms with Gasteiger partial charge >= 0.3 is 5.97 Å². The van der Waals surface area contributed by atoms with E-state index in [0.29, 0.717) is 11.4 Å². The SMILES string of the molecule is O=C(O)c1ccn(-c2ccccc2NC(=O)c2n[nH]c3ccccc23)n1. The smallest absolute Gasteiger partial charge is 0.356 e. The van der Waals surface area contributed by atoms with Gasteiger partial charge in [-0.25, -0.2) is 9.48 Å². The maximum absolute atomic E-state index is 12.7. The van der Waals surface area contributed by atoms with Gasteiger partial charge in [0.1, 0.15) is 0 Å². The molecule has 0 unspecified atom stereocenters. The minimum absolute atomic E-state index is 0.0792. The highest BCUT2D eigenvalue weighted by Crippen LogP contribution is 2.22. The molecule has 0 fully saturated rings. The Morgan fingerprint density at radius 1 is 1.04 bits per heavy atom. The van der Waals surface area contributed by atoms with E-state index in [1.165, 1.54) is 16.9 Å². The molecule has 0 saturated heterocycles. The van der Waals surface area contributed by atoms with Gasteiger partial charge in [-0.05, 0) is 24.3 Å². The lowest BCUT2D eigenvalue weighted by Gasteiger charge is -2.10. The van der Waals surface area contributed by atoms with E-state index in [1.807, 2.05) is 24.3 Å². The lowest BCUT2D eigenvalue weighted by atomic mass is 10.2. The van der Waals surface area contributed by atoms with Gasteiger partial charge in [-0.15, -0.1) is 0 Å². The Morgan fingerprint density at radius 2 is 1.81 bits per heavy atom. The van der Waals surface area contributed by atoms with Gasteiger partial charge in [0.15, 0.2) is 11.4 Å². The molecule has 4 aromatic rings. The van der Waals surface area contributed by atoms with Crippen molar-refractivity contribution in [2.75, 3.05) is 5.32 Å². The Bertz CT molecular complexity index is 1130. The van der Waals surface area contributed by atoms with Gasteiger partial charge in [-0.3, -0.25) is 9.89 Å². The van der Waals surface area contributed by atoms with Crippen LogP contribution in [0.3, 0.4) is 0 Å². The van der Waals surface area contributed by atoms with Gasteiger partial charge in [-0.2, -0.15) is 10.2 Å². The molecular formula is C18H13N5O3. The number of aromatic carboxylic acids is 1. The number of carboxylic acid groups (broad SMARTS) is 1. The van der Waals surface area contributed by atoms with Gasteiger partial charge in [-0.1, -0.05) is 30.3 Å². The van der Waals surface area contributed by atoms with Crippen LogP contribution in [0.5, 0.6) is 0 Å². The molecular weight excluding hydrogens is 334 g/mol. The number of nitrogens with zero attached hydrogens (tertiary/aromatic N) is 3. The number of fused-ring (bicyclic) bond motifs is 1. The van der Waals surface area contributed by atoms with Crippen molar-refractivity contribution in [3.8, 4) is 5.69 Å². The molecule has 2 heterocycles. The first-order valence-electron chi connectivity index (χ1n) is 7.76. The van der Waals surface area contributed by atoms with Crippen LogP contribution >= 0.6 is 0 Å². The lowest BCUT2D eigenvalue weighted by molar-refractivity contribution is 0.0689. The second-order valence-electron chi connectivity index (χ2n) is 5.54. The Labute approximate surface area is 147 Å². The first-order chi connectivity index (χ1) is 12.6. The van der Waals surface area contributed by atoms with E-state index in [-0.39, 0.29) is 17.3 Å². The van der Waals surface area contributed by atoms with Crippen molar-refractivity contribution in [1.82, 2.24) is 20.0 Å². The summed E-state index contributed by atoms with van der Waals surface area (Å²) in [5, 5.41) is 23.5. The number of nitrogens with one attached hydrogen (secondary N) is 2. The summed E-state index contributed by atoms with van der Waals surface area (Å²) in [6.45, 7) is 0. The van der Waals surface area contributed by atoms with Crippen LogP contribution in [-0.2, 0) is 0 Å². The number of H-pyrrole nitrogens is 1. The standard InChI is InChI=1S/C18H13N5O3/c24-17(16-11-5-1-2-6-12(11)20-21-16)19-13-7-3-4-8-15(13)23-10-9-14(22-23)18(25)26/h1-10H,(H,19,24)(H,20,21)(H,25,26). The number of carbonyl (C=O) groups is 2. The second-order valence-corrected chi connectivity index (χ2v) is 5.54. The zero-order valence-corrected chi connectivity index (χ0v) is 13.4. The number of rotatable bonds is 4. The van der Waals surface area contributed by atoms with Crippen LogP contribution in [0.15, 0.2) is 60.8 Å². The number of anilines is 1. The average Bonchev–Trinajstić information content (AvgIpc) is 3.29. The first kappa shape index (κ1) is 15.6. The zero-order valence-electron chi connectivity index (χ0n) is 13.4. The van der Waals surface area contributed by atoms with Gasteiger partial charge in [0.05, 0.1) is 16.9 Å². The third kappa shape index (κ3) is 2.69. The van der Waals surface area contributed by atoms with Gasteiger partial charge < -0.3 is 10.4 Å². The molecule has 8 heteroatoms. The largest absolute Gasteiger partial charge is 0.476 e. The summed E-state index contributed by atoms with van der Waals surface area (Å²) in [5.74, 6) is -1.49. The van der Waals surface area contributed by atoms with Crippen LogP contribution < -0.4 is 5.32 Å². The van der Waals surface area contributed by atoms with Crippen LogP contribution in [-0.4, -0.2) is 37.0 Å². The lowest BCUT2D eigenvalue weighted by Crippen LogP contribution is -2.15. The third-order valence-corrected chi connectivity index (χ3v) is 3.89. The number of carbonyl (C=O) groups excluding carboxylic acids is 1. The van der Waals surface area contributed by atoms with Crippen molar-refractivity contribution in [3.05, 3.63) is 72.2 Å². The van der Waals surface area contributed by atoms with Crippen molar-refractivity contribution in [3.63, 3.8) is 0 Å². The quantitative estimate of drug-likeness (QED) is 0.525. The van der Waals surface area contributed by atoms with Crippen LogP contribution in [0.4, 0.5) is 5.69 Å². The molecule has 0 spiro atoms. The number of para-hydroxylation sites is 3. The van der Waals surface area contributed by atoms with Crippen LogP contribution in [0.2, 0.25) is 0 Å². The number of benzene rings is 2. The third-order valence-electron chi connectivity index (χ3n) is 3.89. The Morgan fingerprint density at radius 3 is 2.62 bits per heavy atom. The summed E-state index contributed by atoms with van der Waals surface area (Å²) in [7, 11) is 0. The summed E-state index contributed by atoms with van der Waals surface area (Å²) in [6.07, 6.45) is 1.53. The maximum Gasteiger partial charge on any atom is 0.356 e. The van der Waals surface area contributed by atoms with Crippen molar-refractivity contribution in [2.24, 2.45) is 0 Å².